The summed E-state index contributed by atoms with van der Waals surface area (Å²) in [6.07, 6.45) is 1.03. The van der Waals surface area contributed by atoms with Crippen LogP contribution < -0.4 is 14.5 Å². The third-order valence-electron chi connectivity index (χ3n) is 6.07. The molecule has 2 fully saturated rings. The van der Waals surface area contributed by atoms with Gasteiger partial charge in [0.05, 0.1) is 7.11 Å². The van der Waals surface area contributed by atoms with Gasteiger partial charge in [-0.25, -0.2) is 4.98 Å². The summed E-state index contributed by atoms with van der Waals surface area (Å²) < 4.78 is 11.4. The van der Waals surface area contributed by atoms with Crippen molar-refractivity contribution in [1.29, 1.82) is 5.26 Å². The van der Waals surface area contributed by atoms with Gasteiger partial charge in [0.1, 0.15) is 11.8 Å². The highest BCUT2D eigenvalue weighted by atomic mass is 16.5. The quantitative estimate of drug-likeness (QED) is 0.641. The molecule has 0 bridgehead atoms. The van der Waals surface area contributed by atoms with E-state index in [2.05, 4.69) is 57.3 Å². The van der Waals surface area contributed by atoms with Crippen molar-refractivity contribution in [2.24, 2.45) is 0 Å². The minimum Gasteiger partial charge on any atom is -0.497 e. The second-order valence-corrected chi connectivity index (χ2v) is 7.85. The molecule has 5 rings (SSSR count). The molecule has 3 aromatic rings. The Hall–Kier alpha value is -3.46. The fourth-order valence-corrected chi connectivity index (χ4v) is 4.27. The summed E-state index contributed by atoms with van der Waals surface area (Å²) in [4.78, 5) is 9.03. The third-order valence-corrected chi connectivity index (χ3v) is 6.07. The van der Waals surface area contributed by atoms with Gasteiger partial charge in [0.2, 0.25) is 17.5 Å². The summed E-state index contributed by atoms with van der Waals surface area (Å²) in [7, 11) is 1.68. The fourth-order valence-electron chi connectivity index (χ4n) is 4.27. The Morgan fingerprint density at radius 2 is 1.67 bits per heavy atom. The number of hydrogen-bond acceptors (Lipinski definition) is 6. The van der Waals surface area contributed by atoms with E-state index in [0.717, 1.165) is 38.3 Å². The number of oxazole rings is 1. The van der Waals surface area contributed by atoms with Gasteiger partial charge in [0, 0.05) is 37.8 Å². The molecular formula is C24H24N4O2. The van der Waals surface area contributed by atoms with Crippen molar-refractivity contribution in [3.05, 3.63) is 71.7 Å². The smallest absolute Gasteiger partial charge is 0.234 e. The number of rotatable bonds is 5. The Bertz CT molecular complexity index is 1050. The minimum atomic E-state index is 0.272. The monoisotopic (exact) mass is 400 g/mol. The number of ether oxygens (including phenoxy) is 1. The van der Waals surface area contributed by atoms with Crippen LogP contribution in [0.25, 0.3) is 0 Å². The first kappa shape index (κ1) is 18.6. The van der Waals surface area contributed by atoms with E-state index in [1.165, 1.54) is 11.3 Å². The Kier molecular flexibility index (Phi) is 4.80. The van der Waals surface area contributed by atoms with Crippen LogP contribution in [-0.2, 0) is 0 Å². The van der Waals surface area contributed by atoms with Crippen LogP contribution in [0.1, 0.15) is 35.4 Å². The highest BCUT2D eigenvalue weighted by molar-refractivity contribution is 5.53. The number of nitriles is 1. The number of nitrogens with zero attached hydrogens (tertiary/aromatic N) is 4. The fraction of sp³-hybridized carbons (Fsp3) is 0.333. The summed E-state index contributed by atoms with van der Waals surface area (Å²) in [5.41, 5.74) is 2.90. The first-order chi connectivity index (χ1) is 14.8. The summed E-state index contributed by atoms with van der Waals surface area (Å²) >= 11 is 0. The number of hydrogen-bond donors (Lipinski definition) is 0. The molecule has 1 aliphatic heterocycles. The predicted octanol–water partition coefficient (Wildman–Crippen LogP) is 4.15. The molecule has 6 nitrogen and oxygen atoms in total. The van der Waals surface area contributed by atoms with Gasteiger partial charge in [0.15, 0.2) is 0 Å². The minimum absolute atomic E-state index is 0.272. The van der Waals surface area contributed by atoms with Gasteiger partial charge in [-0.3, -0.25) is 0 Å². The zero-order chi connectivity index (χ0) is 20.5. The molecule has 1 saturated heterocycles. The zero-order valence-electron chi connectivity index (χ0n) is 17.0. The summed E-state index contributed by atoms with van der Waals surface area (Å²) in [6, 6.07) is 20.8. The lowest BCUT2D eigenvalue weighted by molar-refractivity contribution is 0.415. The average molecular weight is 400 g/mol. The van der Waals surface area contributed by atoms with Gasteiger partial charge in [-0.2, -0.15) is 5.26 Å². The number of methoxy groups -OCH3 is 1. The van der Waals surface area contributed by atoms with E-state index in [4.69, 9.17) is 9.15 Å². The topological polar surface area (TPSA) is 65.5 Å². The predicted molar refractivity (Wildman–Crippen MR) is 115 cm³/mol. The van der Waals surface area contributed by atoms with E-state index < -0.39 is 0 Å². The van der Waals surface area contributed by atoms with Crippen molar-refractivity contribution in [2.45, 2.75) is 18.3 Å². The molecule has 0 N–H and O–H groups in total. The second kappa shape index (κ2) is 7.75. The van der Waals surface area contributed by atoms with E-state index >= 15 is 0 Å². The van der Waals surface area contributed by atoms with Crippen LogP contribution in [0, 0.1) is 11.3 Å². The largest absolute Gasteiger partial charge is 0.497 e. The molecule has 1 aliphatic carbocycles. The molecule has 2 heterocycles. The van der Waals surface area contributed by atoms with Crippen molar-refractivity contribution in [2.75, 3.05) is 43.1 Å². The molecule has 1 saturated carbocycles. The number of piperazine rings is 1. The maximum absolute atomic E-state index is 9.61. The molecule has 152 valence electrons. The zero-order valence-corrected chi connectivity index (χ0v) is 17.0. The van der Waals surface area contributed by atoms with Gasteiger partial charge in [-0.15, -0.1) is 0 Å². The SMILES string of the molecule is COc1ccc(N2CCN(c3oc(C4CC4c4ccccc4)nc3C#N)CC2)cc1. The normalized spacial score (nSPS) is 20.7. The molecule has 0 spiro atoms. The molecule has 6 heteroatoms. The molecule has 0 amide bonds. The lowest BCUT2D eigenvalue weighted by atomic mass is 10.1. The molecule has 2 aliphatic rings. The summed E-state index contributed by atoms with van der Waals surface area (Å²) in [6.45, 7) is 3.32. The van der Waals surface area contributed by atoms with Crippen LogP contribution in [0.15, 0.2) is 59.0 Å². The van der Waals surface area contributed by atoms with Gasteiger partial charge >= 0.3 is 0 Å². The Morgan fingerprint density at radius 3 is 2.33 bits per heavy atom. The lowest BCUT2D eigenvalue weighted by Crippen LogP contribution is -2.46. The van der Waals surface area contributed by atoms with Crippen molar-refractivity contribution >= 4 is 11.6 Å². The third kappa shape index (κ3) is 3.48. The first-order valence-corrected chi connectivity index (χ1v) is 10.4. The molecule has 0 radical (unpaired) electrons. The van der Waals surface area contributed by atoms with Crippen molar-refractivity contribution in [3.8, 4) is 11.8 Å². The second-order valence-electron chi connectivity index (χ2n) is 7.85. The summed E-state index contributed by atoms with van der Waals surface area (Å²) in [5.74, 6) is 2.90. The molecule has 30 heavy (non-hydrogen) atoms. The standard InChI is InChI=1S/C24H24N4O2/c1-29-19-9-7-18(8-10-19)27-11-13-28(14-12-27)24-22(16-25)26-23(30-24)21-15-20(21)17-5-3-2-4-6-17/h2-10,20-21H,11-15H2,1H3. The lowest BCUT2D eigenvalue weighted by Gasteiger charge is -2.35. The average Bonchev–Trinajstić information content (AvgIpc) is 3.51. The van der Waals surface area contributed by atoms with E-state index in [1.54, 1.807) is 7.11 Å². The molecule has 2 atom stereocenters. The van der Waals surface area contributed by atoms with Crippen molar-refractivity contribution < 1.29 is 9.15 Å². The van der Waals surface area contributed by atoms with Crippen LogP contribution in [0.3, 0.4) is 0 Å². The van der Waals surface area contributed by atoms with E-state index in [0.29, 0.717) is 23.4 Å². The summed E-state index contributed by atoms with van der Waals surface area (Å²) in [5, 5.41) is 9.61. The molecule has 2 unspecified atom stereocenters. The van der Waals surface area contributed by atoms with Gasteiger partial charge in [-0.1, -0.05) is 30.3 Å². The van der Waals surface area contributed by atoms with E-state index in [-0.39, 0.29) is 5.92 Å². The molecule has 2 aromatic carbocycles. The van der Waals surface area contributed by atoms with E-state index in [1.807, 2.05) is 18.2 Å². The van der Waals surface area contributed by atoms with Crippen molar-refractivity contribution in [3.63, 3.8) is 0 Å². The van der Waals surface area contributed by atoms with Crippen LogP contribution >= 0.6 is 0 Å². The van der Waals surface area contributed by atoms with Gasteiger partial charge in [-0.05, 0) is 42.2 Å². The number of anilines is 2. The van der Waals surface area contributed by atoms with Crippen molar-refractivity contribution in [1.82, 2.24) is 4.98 Å². The van der Waals surface area contributed by atoms with Gasteiger partial charge in [0.25, 0.3) is 0 Å². The van der Waals surface area contributed by atoms with Gasteiger partial charge < -0.3 is 19.0 Å². The van der Waals surface area contributed by atoms with Crippen LogP contribution in [0.5, 0.6) is 5.75 Å². The van der Waals surface area contributed by atoms with Crippen LogP contribution in [-0.4, -0.2) is 38.3 Å². The maximum atomic E-state index is 9.61. The van der Waals surface area contributed by atoms with E-state index in [9.17, 15) is 5.26 Å². The number of benzene rings is 2. The Labute approximate surface area is 176 Å². The van der Waals surface area contributed by atoms with Crippen LogP contribution in [0.4, 0.5) is 11.6 Å². The van der Waals surface area contributed by atoms with Crippen LogP contribution in [0.2, 0.25) is 0 Å². The highest BCUT2D eigenvalue weighted by Crippen LogP contribution is 2.54. The number of aromatic nitrogens is 1. The highest BCUT2D eigenvalue weighted by Gasteiger charge is 2.44. The Balaban J connectivity index is 1.27. The Morgan fingerprint density at radius 1 is 0.967 bits per heavy atom. The maximum Gasteiger partial charge on any atom is 0.234 e. The molecular weight excluding hydrogens is 376 g/mol. The first-order valence-electron chi connectivity index (χ1n) is 10.4. The molecule has 1 aromatic heterocycles.